The Hall–Kier alpha value is -3.70. The third-order valence-corrected chi connectivity index (χ3v) is 8.32. The number of halogens is 4. The van der Waals surface area contributed by atoms with E-state index >= 15 is 8.78 Å². The minimum Gasteiger partial charge on any atom is -0.619 e. The van der Waals surface area contributed by atoms with Crippen LogP contribution in [-0.4, -0.2) is 24.2 Å². The van der Waals surface area contributed by atoms with E-state index in [1.165, 1.54) is 37.5 Å². The zero-order valence-electron chi connectivity index (χ0n) is 20.9. The standard InChI is InChI=1S/C27H21ClF3N3O4S/c1-13-10-32-25(17-5-4-6-21(23(17)30)39(3,37)38)24(31)26(13)34-14(2)7-20(22(28)27(34)35)19-9-18(19)15-8-16(29)12-33(36)11-15/h4-8,10-12,18-19H,9H2,1-3H3/t18-,19+/m1/s1. The summed E-state index contributed by atoms with van der Waals surface area (Å²) in [5.74, 6) is -3.33. The first-order valence-electron chi connectivity index (χ1n) is 11.7. The lowest BCUT2D eigenvalue weighted by Crippen LogP contribution is -2.26. The molecule has 1 aliphatic carbocycles. The Morgan fingerprint density at radius 3 is 2.49 bits per heavy atom. The van der Waals surface area contributed by atoms with Gasteiger partial charge in [0.05, 0.1) is 5.69 Å². The number of hydrogen-bond donors (Lipinski definition) is 0. The van der Waals surface area contributed by atoms with Crippen LogP contribution in [-0.2, 0) is 9.84 Å². The fraction of sp³-hybridized carbons (Fsp3) is 0.222. The average Bonchev–Trinajstić information content (AvgIpc) is 3.63. The average molecular weight is 576 g/mol. The minimum atomic E-state index is -3.94. The Morgan fingerprint density at radius 2 is 1.82 bits per heavy atom. The number of nitrogens with zero attached hydrogens (tertiary/aromatic N) is 3. The summed E-state index contributed by atoms with van der Waals surface area (Å²) in [5, 5.41) is 11.5. The molecule has 4 aromatic rings. The van der Waals surface area contributed by atoms with Crippen LogP contribution in [0.3, 0.4) is 0 Å². The summed E-state index contributed by atoms with van der Waals surface area (Å²) in [6.07, 6.45) is 4.71. The van der Waals surface area contributed by atoms with E-state index in [-0.39, 0.29) is 33.7 Å². The van der Waals surface area contributed by atoms with Crippen molar-refractivity contribution in [3.63, 3.8) is 0 Å². The van der Waals surface area contributed by atoms with Gasteiger partial charge in [0.15, 0.2) is 33.5 Å². The molecule has 39 heavy (non-hydrogen) atoms. The van der Waals surface area contributed by atoms with Crippen molar-refractivity contribution < 1.29 is 26.3 Å². The zero-order valence-corrected chi connectivity index (χ0v) is 22.4. The van der Waals surface area contributed by atoms with Gasteiger partial charge in [-0.05, 0) is 67.5 Å². The molecule has 0 radical (unpaired) electrons. The van der Waals surface area contributed by atoms with Crippen molar-refractivity contribution >= 4 is 21.4 Å². The van der Waals surface area contributed by atoms with Gasteiger partial charge in [-0.25, -0.2) is 21.6 Å². The Kier molecular flexibility index (Phi) is 6.54. The quantitative estimate of drug-likeness (QED) is 0.249. The molecule has 3 heterocycles. The maximum absolute atomic E-state index is 16.0. The number of aryl methyl sites for hydroxylation is 2. The van der Waals surface area contributed by atoms with Crippen LogP contribution in [0.5, 0.6) is 0 Å². The molecule has 0 amide bonds. The van der Waals surface area contributed by atoms with Crippen molar-refractivity contribution in [2.45, 2.75) is 37.0 Å². The number of aromatic nitrogens is 3. The molecule has 2 atom stereocenters. The maximum Gasteiger partial charge on any atom is 0.274 e. The number of benzene rings is 1. The first-order valence-corrected chi connectivity index (χ1v) is 14.0. The fourth-order valence-corrected chi connectivity index (χ4v) is 5.98. The first kappa shape index (κ1) is 26.9. The lowest BCUT2D eigenvalue weighted by molar-refractivity contribution is -0.607. The van der Waals surface area contributed by atoms with Crippen LogP contribution >= 0.6 is 11.6 Å². The largest absolute Gasteiger partial charge is 0.619 e. The smallest absolute Gasteiger partial charge is 0.274 e. The van der Waals surface area contributed by atoms with Crippen LogP contribution in [0, 0.1) is 36.5 Å². The topological polar surface area (TPSA) is 96.0 Å². The van der Waals surface area contributed by atoms with Gasteiger partial charge in [0.25, 0.3) is 5.56 Å². The van der Waals surface area contributed by atoms with E-state index in [2.05, 4.69) is 4.98 Å². The monoisotopic (exact) mass is 575 g/mol. The van der Waals surface area contributed by atoms with E-state index in [9.17, 15) is 22.8 Å². The molecule has 12 heteroatoms. The van der Waals surface area contributed by atoms with Crippen LogP contribution in [0.25, 0.3) is 16.9 Å². The van der Waals surface area contributed by atoms with Gasteiger partial charge in [0, 0.05) is 29.3 Å². The van der Waals surface area contributed by atoms with E-state index < -0.39 is 43.4 Å². The summed E-state index contributed by atoms with van der Waals surface area (Å²) in [6.45, 7) is 3.10. The Balaban J connectivity index is 1.62. The molecule has 1 saturated carbocycles. The van der Waals surface area contributed by atoms with Gasteiger partial charge in [0.2, 0.25) is 6.20 Å². The molecule has 1 fully saturated rings. The summed E-state index contributed by atoms with van der Waals surface area (Å²) >= 11 is 6.49. The second kappa shape index (κ2) is 9.49. The third-order valence-electron chi connectivity index (χ3n) is 6.83. The van der Waals surface area contributed by atoms with Crippen molar-refractivity contribution in [2.75, 3.05) is 6.26 Å². The predicted molar refractivity (Wildman–Crippen MR) is 138 cm³/mol. The SMILES string of the molecule is Cc1cnc(-c2cccc(S(C)(=O)=O)c2F)c(F)c1-n1c(C)cc([C@H]2C[C@@H]2c2cc(F)c[n+]([O-])c2)c(Cl)c1=O. The van der Waals surface area contributed by atoms with E-state index in [0.29, 0.717) is 28.0 Å². The molecule has 0 aliphatic heterocycles. The maximum atomic E-state index is 16.0. The summed E-state index contributed by atoms with van der Waals surface area (Å²) < 4.78 is 70.3. The minimum absolute atomic E-state index is 0.165. The van der Waals surface area contributed by atoms with Gasteiger partial charge in [-0.1, -0.05) is 17.7 Å². The molecule has 0 saturated heterocycles. The van der Waals surface area contributed by atoms with Crippen molar-refractivity contribution in [1.82, 2.24) is 9.55 Å². The number of hydrogen-bond acceptors (Lipinski definition) is 5. The van der Waals surface area contributed by atoms with Crippen LogP contribution in [0.15, 0.2) is 58.6 Å². The van der Waals surface area contributed by atoms with Gasteiger partial charge < -0.3 is 5.21 Å². The van der Waals surface area contributed by atoms with Gasteiger partial charge in [0.1, 0.15) is 15.6 Å². The van der Waals surface area contributed by atoms with Gasteiger partial charge in [-0.3, -0.25) is 14.3 Å². The Morgan fingerprint density at radius 1 is 1.10 bits per heavy atom. The molecular formula is C27H21ClF3N3O4S. The Bertz CT molecular complexity index is 1820. The van der Waals surface area contributed by atoms with E-state index in [1.54, 1.807) is 13.0 Å². The van der Waals surface area contributed by atoms with E-state index in [0.717, 1.165) is 23.1 Å². The van der Waals surface area contributed by atoms with Gasteiger partial charge in [-0.15, -0.1) is 0 Å². The lowest BCUT2D eigenvalue weighted by Gasteiger charge is -2.18. The molecular weight excluding hydrogens is 555 g/mol. The van der Waals surface area contributed by atoms with Crippen LogP contribution in [0.4, 0.5) is 13.2 Å². The molecule has 7 nitrogen and oxygen atoms in total. The van der Waals surface area contributed by atoms with Crippen molar-refractivity contribution in [3.05, 3.63) is 109 Å². The highest BCUT2D eigenvalue weighted by atomic mass is 35.5. The molecule has 1 aromatic carbocycles. The second-order valence-corrected chi connectivity index (χ2v) is 12.0. The van der Waals surface area contributed by atoms with Crippen LogP contribution in [0.1, 0.15) is 40.6 Å². The van der Waals surface area contributed by atoms with Crippen LogP contribution < -0.4 is 10.3 Å². The third kappa shape index (κ3) is 4.70. The van der Waals surface area contributed by atoms with Crippen molar-refractivity contribution in [2.24, 2.45) is 0 Å². The zero-order chi connectivity index (χ0) is 28.4. The van der Waals surface area contributed by atoms with Gasteiger partial charge in [-0.2, -0.15) is 4.73 Å². The fourth-order valence-electron chi connectivity index (χ4n) is 4.94. The summed E-state index contributed by atoms with van der Waals surface area (Å²) in [7, 11) is -3.94. The molecule has 5 rings (SSSR count). The number of pyridine rings is 3. The molecule has 202 valence electrons. The molecule has 0 bridgehead atoms. The molecule has 0 spiro atoms. The van der Waals surface area contributed by atoms with E-state index in [4.69, 9.17) is 11.6 Å². The molecule has 0 N–H and O–H groups in total. The van der Waals surface area contributed by atoms with Crippen LogP contribution in [0.2, 0.25) is 5.02 Å². The van der Waals surface area contributed by atoms with Crippen molar-refractivity contribution in [3.8, 4) is 16.9 Å². The second-order valence-electron chi connectivity index (χ2n) is 9.63. The highest BCUT2D eigenvalue weighted by Gasteiger charge is 2.43. The number of sulfone groups is 1. The number of rotatable bonds is 5. The van der Waals surface area contributed by atoms with E-state index in [1.807, 2.05) is 0 Å². The molecule has 1 aliphatic rings. The highest BCUT2D eigenvalue weighted by molar-refractivity contribution is 7.90. The summed E-state index contributed by atoms with van der Waals surface area (Å²) in [6, 6.07) is 6.43. The molecule has 0 unspecified atom stereocenters. The predicted octanol–water partition coefficient (Wildman–Crippen LogP) is 4.90. The summed E-state index contributed by atoms with van der Waals surface area (Å²) in [4.78, 5) is 16.9. The summed E-state index contributed by atoms with van der Waals surface area (Å²) in [5.41, 5.74) is -0.221. The highest BCUT2D eigenvalue weighted by Crippen LogP contribution is 2.55. The Labute approximate surface area is 226 Å². The van der Waals surface area contributed by atoms with Crippen molar-refractivity contribution in [1.29, 1.82) is 0 Å². The first-order chi connectivity index (χ1) is 18.3. The van der Waals surface area contributed by atoms with Gasteiger partial charge >= 0.3 is 0 Å². The lowest BCUT2D eigenvalue weighted by atomic mass is 10.0. The molecule has 3 aromatic heterocycles. The normalized spacial score (nSPS) is 16.9.